The first-order valence-corrected chi connectivity index (χ1v) is 5.44. The van der Waals surface area contributed by atoms with Crippen molar-refractivity contribution in [2.45, 2.75) is 32.5 Å². The molecule has 1 aromatic rings. The number of aromatic nitrogens is 2. The van der Waals surface area contributed by atoms with Gasteiger partial charge in [0.1, 0.15) is 6.17 Å². The number of alkyl halides is 1. The van der Waals surface area contributed by atoms with E-state index in [4.69, 9.17) is 0 Å². The van der Waals surface area contributed by atoms with E-state index in [-0.39, 0.29) is 19.2 Å². The quantitative estimate of drug-likeness (QED) is 0.816. The van der Waals surface area contributed by atoms with Gasteiger partial charge in [0, 0.05) is 17.8 Å². The summed E-state index contributed by atoms with van der Waals surface area (Å²) in [6.07, 6.45) is -0.547. The fourth-order valence-corrected chi connectivity index (χ4v) is 2.11. The number of aryl methyl sites for hydroxylation is 2. The van der Waals surface area contributed by atoms with Crippen molar-refractivity contribution in [3.05, 3.63) is 17.5 Å². The van der Waals surface area contributed by atoms with Crippen LogP contribution >= 0.6 is 0 Å². The van der Waals surface area contributed by atoms with Crippen LogP contribution in [0.15, 0.2) is 6.07 Å². The molecule has 1 aliphatic heterocycles. The third-order valence-electron chi connectivity index (χ3n) is 2.80. The summed E-state index contributed by atoms with van der Waals surface area (Å²) < 4.78 is 13.3. The monoisotopic (exact) mass is 225 g/mol. The highest BCUT2D eigenvalue weighted by atomic mass is 19.1. The van der Waals surface area contributed by atoms with Crippen molar-refractivity contribution in [3.8, 4) is 0 Å². The normalized spacial score (nSPS) is 25.1. The SMILES string of the molecule is Cc1cc(C)nc(N2C[C@@H](F)C[C@H]2CO)n1. The van der Waals surface area contributed by atoms with Crippen molar-refractivity contribution >= 4 is 5.95 Å². The van der Waals surface area contributed by atoms with Crippen molar-refractivity contribution in [3.63, 3.8) is 0 Å². The van der Waals surface area contributed by atoms with Crippen LogP contribution in [0.3, 0.4) is 0 Å². The Morgan fingerprint density at radius 3 is 2.62 bits per heavy atom. The predicted molar refractivity (Wildman–Crippen MR) is 59.2 cm³/mol. The average Bonchev–Trinajstić information content (AvgIpc) is 2.58. The van der Waals surface area contributed by atoms with Crippen molar-refractivity contribution < 1.29 is 9.50 Å². The molecule has 0 spiro atoms. The number of anilines is 1. The molecule has 1 fully saturated rings. The van der Waals surface area contributed by atoms with Gasteiger partial charge in [-0.1, -0.05) is 0 Å². The van der Waals surface area contributed by atoms with Gasteiger partial charge in [-0.25, -0.2) is 14.4 Å². The fraction of sp³-hybridized carbons (Fsp3) is 0.636. The van der Waals surface area contributed by atoms with E-state index < -0.39 is 6.17 Å². The summed E-state index contributed by atoms with van der Waals surface area (Å²) >= 11 is 0. The van der Waals surface area contributed by atoms with Crippen molar-refractivity contribution in [2.24, 2.45) is 0 Å². The molecule has 0 radical (unpaired) electrons. The van der Waals surface area contributed by atoms with Crippen LogP contribution in [0.4, 0.5) is 10.3 Å². The summed E-state index contributed by atoms with van der Waals surface area (Å²) in [5, 5.41) is 9.19. The van der Waals surface area contributed by atoms with Crippen LogP contribution in [0, 0.1) is 13.8 Å². The van der Waals surface area contributed by atoms with Gasteiger partial charge in [-0.2, -0.15) is 0 Å². The van der Waals surface area contributed by atoms with Gasteiger partial charge in [0.05, 0.1) is 19.2 Å². The standard InChI is InChI=1S/C11H16FN3O/c1-7-3-8(2)14-11(13-7)15-5-9(12)4-10(15)6-16/h3,9-10,16H,4-6H2,1-2H3/t9-,10-/m0/s1. The summed E-state index contributed by atoms with van der Waals surface area (Å²) in [6.45, 7) is 3.98. The molecule has 0 amide bonds. The van der Waals surface area contributed by atoms with Crippen molar-refractivity contribution in [1.29, 1.82) is 0 Å². The molecule has 0 bridgehead atoms. The number of aliphatic hydroxyl groups is 1. The Morgan fingerprint density at radius 2 is 2.06 bits per heavy atom. The van der Waals surface area contributed by atoms with Gasteiger partial charge in [0.15, 0.2) is 0 Å². The second-order valence-electron chi connectivity index (χ2n) is 4.27. The topological polar surface area (TPSA) is 49.2 Å². The van der Waals surface area contributed by atoms with Crippen LogP contribution in [0.2, 0.25) is 0 Å². The fourth-order valence-electron chi connectivity index (χ4n) is 2.11. The molecule has 16 heavy (non-hydrogen) atoms. The van der Waals surface area contributed by atoms with Crippen LogP contribution in [-0.2, 0) is 0 Å². The molecule has 5 heteroatoms. The lowest BCUT2D eigenvalue weighted by atomic mass is 10.2. The van der Waals surface area contributed by atoms with E-state index in [1.165, 1.54) is 0 Å². The summed E-state index contributed by atoms with van der Waals surface area (Å²) in [5.41, 5.74) is 1.72. The zero-order valence-corrected chi connectivity index (χ0v) is 9.52. The Bertz CT molecular complexity index is 365. The third kappa shape index (κ3) is 2.14. The van der Waals surface area contributed by atoms with Gasteiger partial charge < -0.3 is 10.0 Å². The highest BCUT2D eigenvalue weighted by Crippen LogP contribution is 2.24. The molecule has 0 saturated carbocycles. The molecule has 0 unspecified atom stereocenters. The lowest BCUT2D eigenvalue weighted by Gasteiger charge is -2.22. The Morgan fingerprint density at radius 1 is 1.44 bits per heavy atom. The highest BCUT2D eigenvalue weighted by Gasteiger charge is 2.33. The smallest absolute Gasteiger partial charge is 0.226 e. The highest BCUT2D eigenvalue weighted by molar-refractivity contribution is 5.36. The molecule has 88 valence electrons. The van der Waals surface area contributed by atoms with E-state index in [1.807, 2.05) is 19.9 Å². The van der Waals surface area contributed by atoms with Gasteiger partial charge in [-0.15, -0.1) is 0 Å². The molecule has 2 atom stereocenters. The Balaban J connectivity index is 2.28. The van der Waals surface area contributed by atoms with E-state index >= 15 is 0 Å². The maximum atomic E-state index is 13.3. The van der Waals surface area contributed by atoms with Crippen LogP contribution < -0.4 is 4.90 Å². The van der Waals surface area contributed by atoms with Crippen LogP contribution in [0.1, 0.15) is 17.8 Å². The average molecular weight is 225 g/mol. The third-order valence-corrected chi connectivity index (χ3v) is 2.80. The lowest BCUT2D eigenvalue weighted by molar-refractivity contribution is 0.255. The summed E-state index contributed by atoms with van der Waals surface area (Å²) in [4.78, 5) is 10.3. The van der Waals surface area contributed by atoms with E-state index in [0.717, 1.165) is 11.4 Å². The molecule has 1 saturated heterocycles. The van der Waals surface area contributed by atoms with E-state index in [9.17, 15) is 9.50 Å². The zero-order chi connectivity index (χ0) is 11.7. The van der Waals surface area contributed by atoms with Crippen LogP contribution in [-0.4, -0.2) is 40.4 Å². The number of nitrogens with zero attached hydrogens (tertiary/aromatic N) is 3. The molecular weight excluding hydrogens is 209 g/mol. The predicted octanol–water partition coefficient (Wildman–Crippen LogP) is 1.00. The molecule has 2 rings (SSSR count). The maximum Gasteiger partial charge on any atom is 0.226 e. The van der Waals surface area contributed by atoms with E-state index in [2.05, 4.69) is 9.97 Å². The molecule has 1 aliphatic rings. The van der Waals surface area contributed by atoms with Crippen molar-refractivity contribution in [1.82, 2.24) is 9.97 Å². The number of rotatable bonds is 2. The molecular formula is C11H16FN3O. The van der Waals surface area contributed by atoms with E-state index in [1.54, 1.807) is 4.90 Å². The maximum absolute atomic E-state index is 13.3. The first-order chi connectivity index (χ1) is 7.60. The van der Waals surface area contributed by atoms with Gasteiger partial charge in [-0.05, 0) is 19.9 Å². The first-order valence-electron chi connectivity index (χ1n) is 5.44. The summed E-state index contributed by atoms with van der Waals surface area (Å²) in [7, 11) is 0. The minimum atomic E-state index is -0.901. The molecule has 4 nitrogen and oxygen atoms in total. The molecule has 1 aromatic heterocycles. The largest absolute Gasteiger partial charge is 0.394 e. The Labute approximate surface area is 94.1 Å². The van der Waals surface area contributed by atoms with Crippen LogP contribution in [0.5, 0.6) is 0 Å². The summed E-state index contributed by atoms with van der Waals surface area (Å²) in [6, 6.07) is 1.68. The number of hydrogen-bond donors (Lipinski definition) is 1. The van der Waals surface area contributed by atoms with Crippen molar-refractivity contribution in [2.75, 3.05) is 18.1 Å². The molecule has 0 aliphatic carbocycles. The second kappa shape index (κ2) is 4.33. The summed E-state index contributed by atoms with van der Waals surface area (Å²) in [5.74, 6) is 0.525. The van der Waals surface area contributed by atoms with Gasteiger partial charge >= 0.3 is 0 Å². The Kier molecular flexibility index (Phi) is 3.05. The number of hydrogen-bond acceptors (Lipinski definition) is 4. The van der Waals surface area contributed by atoms with Gasteiger partial charge in [0.25, 0.3) is 0 Å². The molecule has 2 heterocycles. The van der Waals surface area contributed by atoms with Gasteiger partial charge in [0.2, 0.25) is 5.95 Å². The minimum absolute atomic E-state index is 0.0588. The first kappa shape index (κ1) is 11.3. The second-order valence-corrected chi connectivity index (χ2v) is 4.27. The number of halogens is 1. The van der Waals surface area contributed by atoms with Gasteiger partial charge in [-0.3, -0.25) is 0 Å². The minimum Gasteiger partial charge on any atom is -0.394 e. The van der Waals surface area contributed by atoms with Crippen LogP contribution in [0.25, 0.3) is 0 Å². The Hall–Kier alpha value is -1.23. The van der Waals surface area contributed by atoms with E-state index in [0.29, 0.717) is 12.4 Å². The zero-order valence-electron chi connectivity index (χ0n) is 9.52. The molecule has 0 aromatic carbocycles. The molecule has 1 N–H and O–H groups in total. The number of aliphatic hydroxyl groups excluding tert-OH is 1. The lowest BCUT2D eigenvalue weighted by Crippen LogP contribution is -2.33.